The van der Waals surface area contributed by atoms with Gasteiger partial charge in [-0.3, -0.25) is 9.59 Å². The van der Waals surface area contributed by atoms with Gasteiger partial charge in [0.2, 0.25) is 0 Å². The van der Waals surface area contributed by atoms with Crippen LogP contribution in [0.25, 0.3) is 0 Å². The number of carbonyl (C=O) groups excluding carboxylic acids is 2. The highest BCUT2D eigenvalue weighted by atomic mass is 28.4. The lowest BCUT2D eigenvalue weighted by Gasteiger charge is -2.55. The van der Waals surface area contributed by atoms with Gasteiger partial charge in [0.15, 0.2) is 19.5 Å². The summed E-state index contributed by atoms with van der Waals surface area (Å²) in [7, 11) is -2.42. The van der Waals surface area contributed by atoms with Crippen LogP contribution in [-0.2, 0) is 18.8 Å². The third-order valence-corrected chi connectivity index (χ3v) is 11.9. The molecule has 1 saturated carbocycles. The Morgan fingerprint density at radius 3 is 2.43 bits per heavy atom. The van der Waals surface area contributed by atoms with Crippen molar-refractivity contribution < 1.29 is 29.0 Å². The van der Waals surface area contributed by atoms with Crippen LogP contribution >= 0.6 is 0 Å². The molecule has 2 N–H and O–H groups in total. The number of aliphatic hydroxyl groups excluding tert-OH is 1. The van der Waals surface area contributed by atoms with E-state index in [2.05, 4.69) is 27.4 Å². The second-order valence-electron chi connectivity index (χ2n) is 10.1. The molecule has 1 saturated heterocycles. The fraction of sp³-hybridized carbons (Fsp3) is 0.714. The van der Waals surface area contributed by atoms with Crippen molar-refractivity contribution in [2.45, 2.75) is 83.1 Å². The average molecular weight is 409 g/mol. The van der Waals surface area contributed by atoms with Gasteiger partial charge < -0.3 is 19.4 Å². The van der Waals surface area contributed by atoms with Gasteiger partial charge in [-0.1, -0.05) is 32.9 Å². The Morgan fingerprint density at radius 2 is 1.93 bits per heavy atom. The Balaban J connectivity index is 2.21. The molecule has 1 heterocycles. The lowest BCUT2D eigenvalue weighted by Crippen LogP contribution is -2.74. The van der Waals surface area contributed by atoms with E-state index in [1.165, 1.54) is 0 Å². The summed E-state index contributed by atoms with van der Waals surface area (Å²) in [5.74, 6) is -1.89. The lowest BCUT2D eigenvalue weighted by molar-refractivity contribution is -0.202. The summed E-state index contributed by atoms with van der Waals surface area (Å²) in [5, 5.41) is 22.8. The molecule has 1 aliphatic heterocycles. The quantitative estimate of drug-likeness (QED) is 0.323. The number of ether oxygens (including phenoxy) is 1. The smallest absolute Gasteiger partial charge is 0.326 e. The van der Waals surface area contributed by atoms with E-state index in [4.69, 9.17) is 9.16 Å². The maximum atomic E-state index is 13.5. The normalized spacial score (nSPS) is 40.7. The molecule has 2 aliphatic carbocycles. The van der Waals surface area contributed by atoms with Crippen LogP contribution in [0.15, 0.2) is 23.8 Å². The Kier molecular flexibility index (Phi) is 4.67. The summed E-state index contributed by atoms with van der Waals surface area (Å²) in [4.78, 5) is 26.6. The van der Waals surface area contributed by atoms with Crippen molar-refractivity contribution in [3.8, 4) is 0 Å². The molecular weight excluding hydrogens is 376 g/mol. The summed E-state index contributed by atoms with van der Waals surface area (Å²) in [6.07, 6.45) is -1.51. The summed E-state index contributed by atoms with van der Waals surface area (Å²) < 4.78 is 12.1. The van der Waals surface area contributed by atoms with Gasteiger partial charge in [0.05, 0.1) is 6.10 Å². The van der Waals surface area contributed by atoms with E-state index in [0.717, 1.165) is 0 Å². The Hall–Kier alpha value is -1.28. The van der Waals surface area contributed by atoms with Crippen molar-refractivity contribution in [1.82, 2.24) is 0 Å². The number of ketones is 1. The first-order chi connectivity index (χ1) is 12.6. The molecule has 1 spiro atoms. The monoisotopic (exact) mass is 408 g/mol. The van der Waals surface area contributed by atoms with Crippen molar-refractivity contribution in [3.63, 3.8) is 0 Å². The van der Waals surface area contributed by atoms with Crippen LogP contribution in [0.1, 0.15) is 41.0 Å². The van der Waals surface area contributed by atoms with Gasteiger partial charge in [0, 0.05) is 12.3 Å². The van der Waals surface area contributed by atoms with Crippen LogP contribution in [0.2, 0.25) is 18.1 Å². The fourth-order valence-electron chi connectivity index (χ4n) is 4.63. The minimum atomic E-state index is -2.42. The fourth-order valence-corrected chi connectivity index (χ4v) is 5.93. The molecule has 3 aliphatic rings. The zero-order chi connectivity index (χ0) is 21.4. The lowest BCUT2D eigenvalue weighted by atomic mass is 9.51. The van der Waals surface area contributed by atoms with Gasteiger partial charge in [-0.15, -0.1) is 0 Å². The highest BCUT2D eigenvalue weighted by molar-refractivity contribution is 6.74. The highest BCUT2D eigenvalue weighted by Crippen LogP contribution is 2.60. The van der Waals surface area contributed by atoms with E-state index in [1.807, 2.05) is 13.1 Å². The molecule has 2 fully saturated rings. The van der Waals surface area contributed by atoms with E-state index in [0.29, 0.717) is 11.1 Å². The molecule has 0 unspecified atom stereocenters. The van der Waals surface area contributed by atoms with E-state index < -0.39 is 55.3 Å². The maximum absolute atomic E-state index is 13.5. The summed E-state index contributed by atoms with van der Waals surface area (Å²) in [6, 6.07) is 0. The second kappa shape index (κ2) is 6.11. The van der Waals surface area contributed by atoms with Crippen LogP contribution in [-0.4, -0.2) is 54.2 Å². The zero-order valence-corrected chi connectivity index (χ0v) is 18.8. The standard InChI is InChI=1S/C21H32O6Si/c1-11(2)13-10-15(22)20-17(27-28(7,8)19(4,5)6)14(26-18(20)24)9-12(3)21(20,25)16(13)23/h9,13-14,16-17,23,25H,1,10H2,2-8H3/t13-,14-,16+,17+,20+,21+/m0/s1. The van der Waals surface area contributed by atoms with E-state index in [9.17, 15) is 19.8 Å². The molecule has 6 nitrogen and oxygen atoms in total. The summed E-state index contributed by atoms with van der Waals surface area (Å²) in [5.41, 5.74) is -3.07. The largest absolute Gasteiger partial charge is 0.454 e. The number of aliphatic hydroxyl groups is 2. The molecule has 28 heavy (non-hydrogen) atoms. The van der Waals surface area contributed by atoms with Crippen LogP contribution in [0.3, 0.4) is 0 Å². The minimum Gasteiger partial charge on any atom is -0.454 e. The highest BCUT2D eigenvalue weighted by Gasteiger charge is 2.79. The number of Topliss-reactive ketones (excluding diaryl/α,β-unsaturated/α-hetero) is 1. The first-order valence-electron chi connectivity index (χ1n) is 9.79. The number of esters is 1. The summed E-state index contributed by atoms with van der Waals surface area (Å²) in [6.45, 7) is 17.4. The predicted molar refractivity (Wildman–Crippen MR) is 107 cm³/mol. The predicted octanol–water partition coefficient (Wildman–Crippen LogP) is 2.51. The Bertz CT molecular complexity index is 778. The SMILES string of the molecule is C=C(C)[C@@H]1CC(=O)[C@@]23C(=O)O[C@@H](C=C(C)[C@@]2(O)[C@@H]1O)[C@H]3O[Si](C)(C)C(C)(C)C. The molecular formula is C21H32O6Si. The van der Waals surface area contributed by atoms with Crippen molar-refractivity contribution >= 4 is 20.1 Å². The first-order valence-corrected chi connectivity index (χ1v) is 12.7. The molecule has 2 bridgehead atoms. The van der Waals surface area contributed by atoms with Crippen molar-refractivity contribution in [1.29, 1.82) is 0 Å². The van der Waals surface area contributed by atoms with Crippen molar-refractivity contribution in [3.05, 3.63) is 23.8 Å². The van der Waals surface area contributed by atoms with Crippen LogP contribution in [0.4, 0.5) is 0 Å². The average Bonchev–Trinajstić information content (AvgIpc) is 2.75. The number of hydrogen-bond donors (Lipinski definition) is 2. The zero-order valence-electron chi connectivity index (χ0n) is 17.8. The molecule has 6 atom stereocenters. The Morgan fingerprint density at radius 1 is 1.36 bits per heavy atom. The topological polar surface area (TPSA) is 93.1 Å². The third kappa shape index (κ3) is 2.43. The van der Waals surface area contributed by atoms with Gasteiger partial charge in [-0.2, -0.15) is 0 Å². The molecule has 156 valence electrons. The molecule has 3 rings (SSSR count). The van der Waals surface area contributed by atoms with E-state index in [-0.39, 0.29) is 11.5 Å². The van der Waals surface area contributed by atoms with Gasteiger partial charge >= 0.3 is 5.97 Å². The van der Waals surface area contributed by atoms with Crippen LogP contribution < -0.4 is 0 Å². The number of rotatable bonds is 3. The molecule has 0 aromatic rings. The van der Waals surface area contributed by atoms with E-state index >= 15 is 0 Å². The number of carbonyl (C=O) groups is 2. The van der Waals surface area contributed by atoms with Gasteiger partial charge in [0.1, 0.15) is 17.8 Å². The first kappa shape index (κ1) is 21.4. The van der Waals surface area contributed by atoms with Crippen LogP contribution in [0.5, 0.6) is 0 Å². The van der Waals surface area contributed by atoms with E-state index in [1.54, 1.807) is 19.9 Å². The summed E-state index contributed by atoms with van der Waals surface area (Å²) >= 11 is 0. The number of fused-ring (bicyclic) bond motifs is 1. The molecule has 0 aromatic heterocycles. The van der Waals surface area contributed by atoms with Gasteiger partial charge in [-0.05, 0) is 43.6 Å². The molecule has 0 amide bonds. The van der Waals surface area contributed by atoms with Gasteiger partial charge in [0.25, 0.3) is 0 Å². The second-order valence-corrected chi connectivity index (χ2v) is 14.9. The van der Waals surface area contributed by atoms with Crippen LogP contribution in [0, 0.1) is 11.3 Å². The Labute approximate surface area is 167 Å². The van der Waals surface area contributed by atoms with Crippen molar-refractivity contribution in [2.24, 2.45) is 11.3 Å². The third-order valence-electron chi connectivity index (χ3n) is 7.42. The van der Waals surface area contributed by atoms with Gasteiger partial charge in [-0.25, -0.2) is 0 Å². The minimum absolute atomic E-state index is 0.0781. The molecule has 0 radical (unpaired) electrons. The molecule has 7 heteroatoms. The maximum Gasteiger partial charge on any atom is 0.326 e. The molecule has 0 aromatic carbocycles. The van der Waals surface area contributed by atoms with Crippen molar-refractivity contribution in [2.75, 3.05) is 0 Å². The number of hydrogen-bond acceptors (Lipinski definition) is 6.